The van der Waals surface area contributed by atoms with Crippen LogP contribution in [-0.4, -0.2) is 0 Å². The molecule has 4 nitrogen and oxygen atoms in total. The summed E-state index contributed by atoms with van der Waals surface area (Å²) in [5.74, 6) is 0. The second-order valence-electron chi connectivity index (χ2n) is 5.83. The Hall–Kier alpha value is -1.94. The lowest BCUT2D eigenvalue weighted by atomic mass is 10.2. The molecule has 0 bridgehead atoms. The van der Waals surface area contributed by atoms with Gasteiger partial charge in [-0.25, -0.2) is 4.57 Å². The van der Waals surface area contributed by atoms with E-state index in [2.05, 4.69) is 0 Å². The average Bonchev–Trinajstić information content (AvgIpc) is 2.72. The van der Waals surface area contributed by atoms with Gasteiger partial charge in [-0.3, -0.25) is 13.6 Å². The molecule has 3 aromatic carbocycles. The molecule has 6 heteroatoms. The van der Waals surface area contributed by atoms with Gasteiger partial charge < -0.3 is 0 Å². The van der Waals surface area contributed by atoms with Crippen LogP contribution in [-0.2, 0) is 38.0 Å². The maximum absolute atomic E-state index is 13.1. The molecule has 0 radical (unpaired) electrons. The summed E-state index contributed by atoms with van der Waals surface area (Å²) < 4.78 is 29.8. The molecule has 0 amide bonds. The fraction of sp³-hybridized carbons (Fsp3) is 0.143. The first-order valence-electron chi connectivity index (χ1n) is 8.49. The first-order valence-corrected chi connectivity index (χ1v) is 10.3. The van der Waals surface area contributed by atoms with Crippen LogP contribution in [0.4, 0.5) is 0 Å². The summed E-state index contributed by atoms with van der Waals surface area (Å²) in [6.07, 6.45) is 0. The Morgan fingerprint density at radius 3 is 1.59 bits per heavy atom. The number of phosphoric ester groups is 1. The highest BCUT2D eigenvalue weighted by Crippen LogP contribution is 2.51. The van der Waals surface area contributed by atoms with Crippen LogP contribution in [0.3, 0.4) is 0 Å². The Morgan fingerprint density at radius 2 is 1.07 bits per heavy atom. The highest BCUT2D eigenvalue weighted by molar-refractivity contribution is 7.48. The van der Waals surface area contributed by atoms with Crippen molar-refractivity contribution in [2.45, 2.75) is 19.8 Å². The van der Waals surface area contributed by atoms with E-state index >= 15 is 0 Å². The minimum Gasteiger partial charge on any atom is -0.282 e. The third kappa shape index (κ3) is 6.31. The van der Waals surface area contributed by atoms with E-state index < -0.39 is 7.82 Å². The van der Waals surface area contributed by atoms with E-state index in [4.69, 9.17) is 25.2 Å². The van der Waals surface area contributed by atoms with Crippen LogP contribution in [0.15, 0.2) is 84.9 Å². The van der Waals surface area contributed by atoms with Crippen molar-refractivity contribution in [2.24, 2.45) is 0 Å². The molecular formula is C21H20ClO4P. The quantitative estimate of drug-likeness (QED) is 0.388. The molecule has 0 fully saturated rings. The highest BCUT2D eigenvalue weighted by atomic mass is 35.5. The van der Waals surface area contributed by atoms with Gasteiger partial charge in [0.25, 0.3) is 0 Å². The molecule has 0 aliphatic carbocycles. The van der Waals surface area contributed by atoms with Crippen molar-refractivity contribution < 1.29 is 18.1 Å². The molecule has 3 aromatic rings. The summed E-state index contributed by atoms with van der Waals surface area (Å²) in [6.45, 7) is 0.269. The molecule has 0 saturated carbocycles. The normalized spacial score (nSPS) is 11.4. The zero-order valence-corrected chi connectivity index (χ0v) is 16.3. The molecule has 0 N–H and O–H groups in total. The summed E-state index contributed by atoms with van der Waals surface area (Å²) in [5.41, 5.74) is 2.47. The number of halogens is 1. The monoisotopic (exact) mass is 402 g/mol. The van der Waals surface area contributed by atoms with Crippen LogP contribution in [0.25, 0.3) is 0 Å². The van der Waals surface area contributed by atoms with Crippen molar-refractivity contribution in [1.29, 1.82) is 0 Å². The predicted molar refractivity (Wildman–Crippen MR) is 106 cm³/mol. The van der Waals surface area contributed by atoms with Gasteiger partial charge in [-0.05, 0) is 22.8 Å². The summed E-state index contributed by atoms with van der Waals surface area (Å²) >= 11 is 6.15. The molecule has 3 rings (SSSR count). The lowest BCUT2D eigenvalue weighted by molar-refractivity contribution is 0.0979. The molecule has 0 atom stereocenters. The Balaban J connectivity index is 1.68. The molecular weight excluding hydrogens is 383 g/mol. The van der Waals surface area contributed by atoms with Gasteiger partial charge in [-0.1, -0.05) is 90.5 Å². The lowest BCUT2D eigenvalue weighted by Crippen LogP contribution is -2.02. The van der Waals surface area contributed by atoms with Crippen molar-refractivity contribution in [3.05, 3.63) is 107 Å². The van der Waals surface area contributed by atoms with Crippen molar-refractivity contribution in [2.75, 3.05) is 0 Å². The largest absolute Gasteiger partial charge is 0.475 e. The number of hydrogen-bond acceptors (Lipinski definition) is 4. The van der Waals surface area contributed by atoms with Crippen molar-refractivity contribution >= 4 is 19.4 Å². The van der Waals surface area contributed by atoms with E-state index in [0.29, 0.717) is 10.6 Å². The maximum Gasteiger partial charge on any atom is 0.475 e. The summed E-state index contributed by atoms with van der Waals surface area (Å²) in [4.78, 5) is 0. The Morgan fingerprint density at radius 1 is 0.630 bits per heavy atom. The topological polar surface area (TPSA) is 44.8 Å². The first kappa shape index (κ1) is 19.8. The summed E-state index contributed by atoms with van der Waals surface area (Å²) in [5, 5.41) is 0.537. The second kappa shape index (κ2) is 9.84. The van der Waals surface area contributed by atoms with Crippen LogP contribution in [0.1, 0.15) is 16.7 Å². The standard InChI is InChI=1S/C21H20ClO4P/c22-21-14-8-7-13-20(21)17-26-27(23,24-15-18-9-3-1-4-10-18)25-16-19-11-5-2-6-12-19/h1-14H,15-17H2. The van der Waals surface area contributed by atoms with Crippen LogP contribution >= 0.6 is 19.4 Å². The van der Waals surface area contributed by atoms with Crippen LogP contribution < -0.4 is 0 Å². The van der Waals surface area contributed by atoms with E-state index in [-0.39, 0.29) is 19.8 Å². The van der Waals surface area contributed by atoms with Gasteiger partial charge in [0, 0.05) is 5.02 Å². The molecule has 0 aliphatic heterocycles. The fourth-order valence-electron chi connectivity index (χ4n) is 2.33. The van der Waals surface area contributed by atoms with Crippen LogP contribution in [0, 0.1) is 0 Å². The van der Waals surface area contributed by atoms with Gasteiger partial charge in [0.1, 0.15) is 0 Å². The first-order chi connectivity index (χ1) is 13.1. The van der Waals surface area contributed by atoms with Crippen molar-refractivity contribution in [3.8, 4) is 0 Å². The van der Waals surface area contributed by atoms with Gasteiger partial charge >= 0.3 is 7.82 Å². The van der Waals surface area contributed by atoms with Gasteiger partial charge in [0.15, 0.2) is 0 Å². The van der Waals surface area contributed by atoms with Gasteiger partial charge in [0.2, 0.25) is 0 Å². The van der Waals surface area contributed by atoms with E-state index in [1.807, 2.05) is 72.8 Å². The summed E-state index contributed by atoms with van der Waals surface area (Å²) in [7, 11) is -3.79. The number of benzene rings is 3. The Kier molecular flexibility index (Phi) is 7.22. The van der Waals surface area contributed by atoms with E-state index in [0.717, 1.165) is 11.1 Å². The summed E-state index contributed by atoms with van der Waals surface area (Å²) in [6, 6.07) is 26.1. The van der Waals surface area contributed by atoms with E-state index in [1.165, 1.54) is 0 Å². The van der Waals surface area contributed by atoms with Crippen LogP contribution in [0.2, 0.25) is 5.02 Å². The Bertz CT molecular complexity index is 839. The number of rotatable bonds is 9. The second-order valence-corrected chi connectivity index (χ2v) is 7.91. The maximum atomic E-state index is 13.1. The van der Waals surface area contributed by atoms with Crippen molar-refractivity contribution in [1.82, 2.24) is 0 Å². The van der Waals surface area contributed by atoms with Gasteiger partial charge in [-0.15, -0.1) is 0 Å². The predicted octanol–water partition coefficient (Wildman–Crippen LogP) is 6.40. The van der Waals surface area contributed by atoms with Crippen molar-refractivity contribution in [3.63, 3.8) is 0 Å². The molecule has 0 aliphatic rings. The fourth-order valence-corrected chi connectivity index (χ4v) is 3.66. The molecule has 27 heavy (non-hydrogen) atoms. The minimum absolute atomic E-state index is 0.0283. The smallest absolute Gasteiger partial charge is 0.282 e. The average molecular weight is 403 g/mol. The highest BCUT2D eigenvalue weighted by Gasteiger charge is 2.27. The lowest BCUT2D eigenvalue weighted by Gasteiger charge is -2.18. The molecule has 140 valence electrons. The molecule has 0 saturated heterocycles. The number of hydrogen-bond donors (Lipinski definition) is 0. The van der Waals surface area contributed by atoms with E-state index in [1.54, 1.807) is 12.1 Å². The van der Waals surface area contributed by atoms with Gasteiger partial charge in [-0.2, -0.15) is 0 Å². The molecule has 0 spiro atoms. The zero-order chi connectivity index (χ0) is 19.0. The Labute approximate surface area is 164 Å². The van der Waals surface area contributed by atoms with Gasteiger partial charge in [0.05, 0.1) is 19.8 Å². The zero-order valence-electron chi connectivity index (χ0n) is 14.7. The SMILES string of the molecule is O=P(OCc1ccccc1)(OCc1ccccc1)OCc1ccccc1Cl. The third-order valence-corrected chi connectivity index (χ3v) is 5.51. The van der Waals surface area contributed by atoms with E-state index in [9.17, 15) is 4.57 Å². The molecule has 0 heterocycles. The third-order valence-electron chi connectivity index (χ3n) is 3.80. The van der Waals surface area contributed by atoms with Crippen LogP contribution in [0.5, 0.6) is 0 Å². The minimum atomic E-state index is -3.79. The number of phosphoric acid groups is 1. The molecule has 0 aromatic heterocycles. The molecule has 0 unspecified atom stereocenters.